The lowest BCUT2D eigenvalue weighted by Gasteiger charge is -2.09. The summed E-state index contributed by atoms with van der Waals surface area (Å²) >= 11 is 6.07. The summed E-state index contributed by atoms with van der Waals surface area (Å²) < 4.78 is 7.75. The van der Waals surface area contributed by atoms with E-state index in [0.29, 0.717) is 29.1 Å². The van der Waals surface area contributed by atoms with E-state index >= 15 is 0 Å². The van der Waals surface area contributed by atoms with Crippen molar-refractivity contribution in [2.75, 3.05) is 5.73 Å². The lowest BCUT2D eigenvalue weighted by molar-refractivity contribution is 0.298. The Bertz CT molecular complexity index is 591. The fraction of sp³-hybridized carbons (Fsp3) is 0.400. The first kappa shape index (κ1) is 13.3. The van der Waals surface area contributed by atoms with E-state index in [2.05, 4.69) is 9.78 Å². The molecule has 5 heteroatoms. The molecule has 0 saturated heterocycles. The van der Waals surface area contributed by atoms with Crippen molar-refractivity contribution in [1.29, 1.82) is 0 Å². The number of benzene rings is 1. The molecule has 1 aromatic heterocycles. The number of nitrogens with zero attached hydrogens (tertiary/aromatic N) is 2. The van der Waals surface area contributed by atoms with Crippen LogP contribution in [0.1, 0.15) is 37.4 Å². The van der Waals surface area contributed by atoms with E-state index < -0.39 is 0 Å². The van der Waals surface area contributed by atoms with Crippen LogP contribution in [0.5, 0.6) is 5.75 Å². The van der Waals surface area contributed by atoms with Gasteiger partial charge in [0.05, 0.1) is 16.8 Å². The van der Waals surface area contributed by atoms with Gasteiger partial charge < -0.3 is 10.5 Å². The lowest BCUT2D eigenvalue weighted by atomic mass is 10.3. The Hall–Kier alpha value is -1.68. The third-order valence-corrected chi connectivity index (χ3v) is 4.01. The van der Waals surface area contributed by atoms with E-state index in [4.69, 9.17) is 22.1 Å². The molecule has 0 bridgehead atoms. The SMILES string of the molecule is Nc1ccc(Cl)c(OCc2ccn(C3CCCC3)n2)c1. The fourth-order valence-electron chi connectivity index (χ4n) is 2.61. The predicted octanol–water partition coefficient (Wildman–Crippen LogP) is 3.81. The Balaban J connectivity index is 1.64. The van der Waals surface area contributed by atoms with Crippen molar-refractivity contribution in [3.8, 4) is 5.75 Å². The number of nitrogen functional groups attached to an aromatic ring is 1. The van der Waals surface area contributed by atoms with Gasteiger partial charge in [-0.15, -0.1) is 0 Å². The zero-order valence-electron chi connectivity index (χ0n) is 11.3. The van der Waals surface area contributed by atoms with Crippen LogP contribution in [0.15, 0.2) is 30.5 Å². The fourth-order valence-corrected chi connectivity index (χ4v) is 2.78. The van der Waals surface area contributed by atoms with Gasteiger partial charge in [0, 0.05) is 18.0 Å². The number of ether oxygens (including phenoxy) is 1. The van der Waals surface area contributed by atoms with E-state index in [1.807, 2.05) is 12.3 Å². The van der Waals surface area contributed by atoms with E-state index in [1.165, 1.54) is 25.7 Å². The van der Waals surface area contributed by atoms with Crippen molar-refractivity contribution in [2.45, 2.75) is 38.3 Å². The van der Waals surface area contributed by atoms with Crippen molar-refractivity contribution in [2.24, 2.45) is 0 Å². The first-order valence-corrected chi connectivity index (χ1v) is 7.32. The molecule has 1 aliphatic carbocycles. The summed E-state index contributed by atoms with van der Waals surface area (Å²) in [6.07, 6.45) is 7.09. The summed E-state index contributed by atoms with van der Waals surface area (Å²) in [7, 11) is 0. The molecule has 3 rings (SSSR count). The minimum atomic E-state index is 0.406. The molecule has 0 aliphatic heterocycles. The molecule has 0 spiro atoms. The minimum Gasteiger partial charge on any atom is -0.486 e. The second kappa shape index (κ2) is 5.75. The largest absolute Gasteiger partial charge is 0.486 e. The summed E-state index contributed by atoms with van der Waals surface area (Å²) in [5, 5.41) is 5.14. The molecule has 4 nitrogen and oxygen atoms in total. The van der Waals surface area contributed by atoms with Crippen LogP contribution in [-0.4, -0.2) is 9.78 Å². The summed E-state index contributed by atoms with van der Waals surface area (Å²) in [6.45, 7) is 0.406. The monoisotopic (exact) mass is 291 g/mol. The second-order valence-electron chi connectivity index (χ2n) is 5.20. The molecular weight excluding hydrogens is 274 g/mol. The average molecular weight is 292 g/mol. The van der Waals surface area contributed by atoms with Gasteiger partial charge in [-0.2, -0.15) is 5.10 Å². The van der Waals surface area contributed by atoms with E-state index in [9.17, 15) is 0 Å². The summed E-state index contributed by atoms with van der Waals surface area (Å²) in [6, 6.07) is 7.78. The van der Waals surface area contributed by atoms with Crippen LogP contribution in [0.25, 0.3) is 0 Å². The number of hydrogen-bond acceptors (Lipinski definition) is 3. The highest BCUT2D eigenvalue weighted by molar-refractivity contribution is 6.32. The van der Waals surface area contributed by atoms with Gasteiger partial charge >= 0.3 is 0 Å². The van der Waals surface area contributed by atoms with Crippen molar-refractivity contribution >= 4 is 17.3 Å². The summed E-state index contributed by atoms with van der Waals surface area (Å²) in [5.41, 5.74) is 7.28. The molecule has 2 aromatic rings. The maximum Gasteiger partial charge on any atom is 0.140 e. The highest BCUT2D eigenvalue weighted by Gasteiger charge is 2.17. The molecule has 1 heterocycles. The zero-order chi connectivity index (χ0) is 13.9. The number of aromatic nitrogens is 2. The average Bonchev–Trinajstić information content (AvgIpc) is 3.09. The van der Waals surface area contributed by atoms with Gasteiger partial charge in [0.2, 0.25) is 0 Å². The normalized spacial score (nSPS) is 15.7. The van der Waals surface area contributed by atoms with Gasteiger partial charge in [-0.3, -0.25) is 4.68 Å². The first-order valence-electron chi connectivity index (χ1n) is 6.94. The number of anilines is 1. The van der Waals surface area contributed by atoms with Gasteiger partial charge in [0.1, 0.15) is 12.4 Å². The Labute approximate surface area is 123 Å². The molecule has 0 amide bonds. The first-order chi connectivity index (χ1) is 9.72. The van der Waals surface area contributed by atoms with E-state index in [0.717, 1.165) is 5.69 Å². The van der Waals surface area contributed by atoms with E-state index in [-0.39, 0.29) is 0 Å². The maximum atomic E-state index is 6.07. The Morgan fingerprint density at radius 3 is 2.90 bits per heavy atom. The van der Waals surface area contributed by atoms with Crippen molar-refractivity contribution < 1.29 is 4.74 Å². The Kier molecular flexibility index (Phi) is 3.83. The molecule has 1 aliphatic rings. The van der Waals surface area contributed by atoms with Crippen LogP contribution in [0.2, 0.25) is 5.02 Å². The molecule has 0 radical (unpaired) electrons. The lowest BCUT2D eigenvalue weighted by Crippen LogP contribution is -2.06. The van der Waals surface area contributed by atoms with Gasteiger partial charge in [-0.05, 0) is 31.0 Å². The third kappa shape index (κ3) is 2.90. The highest BCUT2D eigenvalue weighted by atomic mass is 35.5. The third-order valence-electron chi connectivity index (χ3n) is 3.69. The van der Waals surface area contributed by atoms with Crippen LogP contribution >= 0.6 is 11.6 Å². The molecule has 0 atom stereocenters. The molecule has 20 heavy (non-hydrogen) atoms. The minimum absolute atomic E-state index is 0.406. The Morgan fingerprint density at radius 2 is 2.10 bits per heavy atom. The maximum absolute atomic E-state index is 6.07. The summed E-state index contributed by atoms with van der Waals surface area (Å²) in [5.74, 6) is 0.599. The topological polar surface area (TPSA) is 53.1 Å². The van der Waals surface area contributed by atoms with Crippen LogP contribution in [0.4, 0.5) is 5.69 Å². The standard InChI is InChI=1S/C15H18ClN3O/c16-14-6-5-11(17)9-15(14)20-10-12-7-8-19(18-12)13-3-1-2-4-13/h5-9,13H,1-4,10,17H2. The van der Waals surface area contributed by atoms with Crippen LogP contribution in [0.3, 0.4) is 0 Å². The summed E-state index contributed by atoms with van der Waals surface area (Å²) in [4.78, 5) is 0. The molecule has 1 fully saturated rings. The highest BCUT2D eigenvalue weighted by Crippen LogP contribution is 2.29. The van der Waals surface area contributed by atoms with Crippen LogP contribution < -0.4 is 10.5 Å². The van der Waals surface area contributed by atoms with Crippen LogP contribution in [-0.2, 0) is 6.61 Å². The van der Waals surface area contributed by atoms with Crippen molar-refractivity contribution in [3.05, 3.63) is 41.2 Å². The predicted molar refractivity (Wildman–Crippen MR) is 79.9 cm³/mol. The molecule has 1 aromatic carbocycles. The molecular formula is C15H18ClN3O. The van der Waals surface area contributed by atoms with Gasteiger partial charge in [-0.25, -0.2) is 0 Å². The van der Waals surface area contributed by atoms with Gasteiger partial charge in [0.15, 0.2) is 0 Å². The van der Waals surface area contributed by atoms with Crippen molar-refractivity contribution in [3.63, 3.8) is 0 Å². The Morgan fingerprint density at radius 1 is 1.30 bits per heavy atom. The molecule has 0 unspecified atom stereocenters. The smallest absolute Gasteiger partial charge is 0.140 e. The number of rotatable bonds is 4. The van der Waals surface area contributed by atoms with Crippen molar-refractivity contribution in [1.82, 2.24) is 9.78 Å². The number of halogens is 1. The number of hydrogen-bond donors (Lipinski definition) is 1. The number of nitrogens with two attached hydrogens (primary N) is 1. The molecule has 2 N–H and O–H groups in total. The second-order valence-corrected chi connectivity index (χ2v) is 5.61. The van der Waals surface area contributed by atoms with Crippen LogP contribution in [0, 0.1) is 0 Å². The quantitative estimate of drug-likeness (QED) is 0.872. The zero-order valence-corrected chi connectivity index (χ0v) is 12.0. The van der Waals surface area contributed by atoms with Gasteiger partial charge in [0.25, 0.3) is 0 Å². The molecule has 1 saturated carbocycles. The molecule has 106 valence electrons. The van der Waals surface area contributed by atoms with Gasteiger partial charge in [-0.1, -0.05) is 24.4 Å². The van der Waals surface area contributed by atoms with E-state index in [1.54, 1.807) is 18.2 Å².